The molecule has 0 bridgehead atoms. The number of carbonyl (C=O) groups excluding carboxylic acids is 1. The minimum Gasteiger partial charge on any atom is -0.471 e. The lowest BCUT2D eigenvalue weighted by atomic mass is 10.2. The summed E-state index contributed by atoms with van der Waals surface area (Å²) in [7, 11) is 0. The summed E-state index contributed by atoms with van der Waals surface area (Å²) >= 11 is 0. The van der Waals surface area contributed by atoms with E-state index < -0.39 is 0 Å². The standard InChI is InChI=1S/C12H16N2O2/c1-8-6-11(16-12(3)4-5-12)13-7-10(8)14-9(2)15/h6-7H,4-5H2,1-3H3,(H,14,15). The van der Waals surface area contributed by atoms with Gasteiger partial charge in [0.25, 0.3) is 0 Å². The van der Waals surface area contributed by atoms with Crippen molar-refractivity contribution >= 4 is 11.6 Å². The summed E-state index contributed by atoms with van der Waals surface area (Å²) in [5.74, 6) is 0.541. The summed E-state index contributed by atoms with van der Waals surface area (Å²) in [6.07, 6.45) is 3.81. The van der Waals surface area contributed by atoms with Gasteiger partial charge >= 0.3 is 0 Å². The van der Waals surface area contributed by atoms with Gasteiger partial charge in [-0.05, 0) is 32.3 Å². The van der Waals surface area contributed by atoms with Gasteiger partial charge in [0.1, 0.15) is 5.60 Å². The maximum Gasteiger partial charge on any atom is 0.221 e. The fourth-order valence-electron chi connectivity index (χ4n) is 1.44. The lowest BCUT2D eigenvalue weighted by Crippen LogP contribution is -2.14. The molecule has 0 atom stereocenters. The molecule has 0 aromatic carbocycles. The number of hydrogen-bond acceptors (Lipinski definition) is 3. The third kappa shape index (κ3) is 2.51. The fourth-order valence-corrected chi connectivity index (χ4v) is 1.44. The molecular weight excluding hydrogens is 204 g/mol. The normalized spacial score (nSPS) is 16.7. The van der Waals surface area contributed by atoms with Gasteiger partial charge in [0.15, 0.2) is 0 Å². The summed E-state index contributed by atoms with van der Waals surface area (Å²) in [6, 6.07) is 1.86. The van der Waals surface area contributed by atoms with E-state index in [1.807, 2.05) is 13.0 Å². The first-order valence-corrected chi connectivity index (χ1v) is 5.42. The first-order chi connectivity index (χ1) is 7.48. The van der Waals surface area contributed by atoms with Crippen molar-refractivity contribution in [1.82, 2.24) is 4.98 Å². The predicted molar refractivity (Wildman–Crippen MR) is 61.5 cm³/mol. The minimum atomic E-state index is -0.0901. The Bertz CT molecular complexity index is 425. The smallest absolute Gasteiger partial charge is 0.221 e. The van der Waals surface area contributed by atoms with E-state index in [1.165, 1.54) is 6.92 Å². The average molecular weight is 220 g/mol. The highest BCUT2D eigenvalue weighted by atomic mass is 16.5. The van der Waals surface area contributed by atoms with Crippen LogP contribution in [0.2, 0.25) is 0 Å². The van der Waals surface area contributed by atoms with Crippen LogP contribution in [0.4, 0.5) is 5.69 Å². The van der Waals surface area contributed by atoms with E-state index in [2.05, 4.69) is 17.2 Å². The molecule has 2 rings (SSSR count). The number of carbonyl (C=O) groups is 1. The Balaban J connectivity index is 2.12. The molecule has 1 N–H and O–H groups in total. The maximum absolute atomic E-state index is 10.9. The summed E-state index contributed by atoms with van der Waals surface area (Å²) in [4.78, 5) is 15.1. The molecule has 1 aromatic heterocycles. The van der Waals surface area contributed by atoms with Crippen molar-refractivity contribution in [3.8, 4) is 5.88 Å². The van der Waals surface area contributed by atoms with Crippen LogP contribution in [0.1, 0.15) is 32.3 Å². The number of nitrogens with one attached hydrogen (secondary N) is 1. The molecule has 1 fully saturated rings. The number of hydrogen-bond donors (Lipinski definition) is 1. The monoisotopic (exact) mass is 220 g/mol. The van der Waals surface area contributed by atoms with Crippen molar-refractivity contribution < 1.29 is 9.53 Å². The molecule has 1 aromatic rings. The quantitative estimate of drug-likeness (QED) is 0.850. The van der Waals surface area contributed by atoms with E-state index in [0.29, 0.717) is 5.88 Å². The molecule has 16 heavy (non-hydrogen) atoms. The maximum atomic E-state index is 10.9. The molecule has 0 aliphatic heterocycles. The second kappa shape index (κ2) is 3.77. The Labute approximate surface area is 95.0 Å². The summed E-state index contributed by atoms with van der Waals surface area (Å²) in [6.45, 7) is 5.48. The zero-order valence-corrected chi connectivity index (χ0v) is 9.83. The Hall–Kier alpha value is -1.58. The molecule has 0 spiro atoms. The summed E-state index contributed by atoms with van der Waals surface area (Å²) in [5.41, 5.74) is 1.68. The number of amides is 1. The summed E-state index contributed by atoms with van der Waals surface area (Å²) in [5, 5.41) is 2.72. The molecule has 0 unspecified atom stereocenters. The van der Waals surface area contributed by atoms with Gasteiger partial charge in [-0.1, -0.05) is 0 Å². The third-order valence-electron chi connectivity index (χ3n) is 2.70. The van der Waals surface area contributed by atoms with Crippen LogP contribution >= 0.6 is 0 Å². The van der Waals surface area contributed by atoms with Crippen LogP contribution in [-0.4, -0.2) is 16.5 Å². The largest absolute Gasteiger partial charge is 0.471 e. The fraction of sp³-hybridized carbons (Fsp3) is 0.500. The average Bonchev–Trinajstić information content (AvgIpc) is 2.88. The molecule has 0 radical (unpaired) electrons. The van der Waals surface area contributed by atoms with Crippen molar-refractivity contribution in [3.63, 3.8) is 0 Å². The number of nitrogens with zero attached hydrogens (tertiary/aromatic N) is 1. The van der Waals surface area contributed by atoms with Crippen LogP contribution in [0, 0.1) is 6.92 Å². The van der Waals surface area contributed by atoms with Gasteiger partial charge < -0.3 is 10.1 Å². The van der Waals surface area contributed by atoms with Gasteiger partial charge in [-0.3, -0.25) is 4.79 Å². The predicted octanol–water partition coefficient (Wildman–Crippen LogP) is 2.28. The zero-order chi connectivity index (χ0) is 11.8. The molecule has 86 valence electrons. The lowest BCUT2D eigenvalue weighted by molar-refractivity contribution is -0.114. The highest BCUT2D eigenvalue weighted by Crippen LogP contribution is 2.39. The van der Waals surface area contributed by atoms with Crippen molar-refractivity contribution in [2.75, 3.05) is 5.32 Å². The van der Waals surface area contributed by atoms with E-state index >= 15 is 0 Å². The van der Waals surface area contributed by atoms with Crippen LogP contribution in [-0.2, 0) is 4.79 Å². The second-order valence-electron chi connectivity index (χ2n) is 4.57. The highest BCUT2D eigenvalue weighted by molar-refractivity contribution is 5.89. The van der Waals surface area contributed by atoms with Crippen molar-refractivity contribution in [1.29, 1.82) is 0 Å². The van der Waals surface area contributed by atoms with E-state index in [1.54, 1.807) is 6.20 Å². The number of aromatic nitrogens is 1. The molecule has 1 aliphatic rings. The van der Waals surface area contributed by atoms with E-state index in [-0.39, 0.29) is 11.5 Å². The van der Waals surface area contributed by atoms with E-state index in [4.69, 9.17) is 4.74 Å². The van der Waals surface area contributed by atoms with Crippen LogP contribution < -0.4 is 10.1 Å². The number of aryl methyl sites for hydroxylation is 1. The molecule has 1 amide bonds. The van der Waals surface area contributed by atoms with E-state index in [0.717, 1.165) is 24.1 Å². The van der Waals surface area contributed by atoms with Crippen LogP contribution in [0.3, 0.4) is 0 Å². The van der Waals surface area contributed by atoms with Crippen molar-refractivity contribution in [2.45, 2.75) is 39.2 Å². The van der Waals surface area contributed by atoms with Gasteiger partial charge in [0.05, 0.1) is 11.9 Å². The van der Waals surface area contributed by atoms with Crippen LogP contribution in [0.25, 0.3) is 0 Å². The number of anilines is 1. The van der Waals surface area contributed by atoms with Crippen molar-refractivity contribution in [2.24, 2.45) is 0 Å². The Morgan fingerprint density at radius 3 is 2.75 bits per heavy atom. The topological polar surface area (TPSA) is 51.2 Å². The zero-order valence-electron chi connectivity index (χ0n) is 9.83. The Morgan fingerprint density at radius 1 is 1.56 bits per heavy atom. The number of pyridine rings is 1. The van der Waals surface area contributed by atoms with Crippen LogP contribution in [0.15, 0.2) is 12.3 Å². The van der Waals surface area contributed by atoms with Gasteiger partial charge in [-0.2, -0.15) is 0 Å². The van der Waals surface area contributed by atoms with Gasteiger partial charge in [0, 0.05) is 13.0 Å². The van der Waals surface area contributed by atoms with Gasteiger partial charge in [-0.15, -0.1) is 0 Å². The Morgan fingerprint density at radius 2 is 2.25 bits per heavy atom. The summed E-state index contributed by atoms with van der Waals surface area (Å²) < 4.78 is 5.73. The molecule has 4 heteroatoms. The SMILES string of the molecule is CC(=O)Nc1cnc(OC2(C)CC2)cc1C. The lowest BCUT2D eigenvalue weighted by Gasteiger charge is -2.13. The molecule has 1 aliphatic carbocycles. The molecule has 0 saturated heterocycles. The molecular formula is C12H16N2O2. The highest BCUT2D eigenvalue weighted by Gasteiger charge is 2.40. The molecule has 1 saturated carbocycles. The molecule has 1 heterocycles. The minimum absolute atomic E-state index is 0.0189. The molecule has 4 nitrogen and oxygen atoms in total. The van der Waals surface area contributed by atoms with Gasteiger partial charge in [0.2, 0.25) is 11.8 Å². The second-order valence-corrected chi connectivity index (χ2v) is 4.57. The first-order valence-electron chi connectivity index (χ1n) is 5.42. The van der Waals surface area contributed by atoms with Crippen molar-refractivity contribution in [3.05, 3.63) is 17.8 Å². The first kappa shape index (κ1) is 10.9. The van der Waals surface area contributed by atoms with Crippen LogP contribution in [0.5, 0.6) is 5.88 Å². The third-order valence-corrected chi connectivity index (χ3v) is 2.70. The number of rotatable bonds is 3. The van der Waals surface area contributed by atoms with Gasteiger partial charge in [-0.25, -0.2) is 4.98 Å². The number of ether oxygens (including phenoxy) is 1. The Kier molecular flexibility index (Phi) is 2.58. The van der Waals surface area contributed by atoms with E-state index in [9.17, 15) is 4.79 Å².